The second-order valence-corrected chi connectivity index (χ2v) is 14.0. The van der Waals surface area contributed by atoms with Crippen molar-refractivity contribution in [3.8, 4) is 24.3 Å². The second-order valence-electron chi connectivity index (χ2n) is 9.73. The minimum atomic E-state index is -4.64. The molecule has 0 radical (unpaired) electrons. The van der Waals surface area contributed by atoms with Crippen molar-refractivity contribution in [2.24, 2.45) is 0 Å². The lowest BCUT2D eigenvalue weighted by molar-refractivity contribution is -0.137. The average molecular weight is 589 g/mol. The number of allylic oxidation sites excluding steroid dienone is 4. The van der Waals surface area contributed by atoms with Crippen LogP contribution >= 0.6 is 0 Å². The van der Waals surface area contributed by atoms with Crippen LogP contribution in [0.1, 0.15) is 12.0 Å². The van der Waals surface area contributed by atoms with E-state index in [1.54, 1.807) is 30.8 Å². The van der Waals surface area contributed by atoms with E-state index in [0.29, 0.717) is 21.1 Å². The molecule has 1 aliphatic carbocycles. The van der Waals surface area contributed by atoms with Gasteiger partial charge in [-0.05, 0) is 27.9 Å². The summed E-state index contributed by atoms with van der Waals surface area (Å²) in [6.07, 6.45) is -6.07. The van der Waals surface area contributed by atoms with Crippen LogP contribution in [0.15, 0.2) is 78.4 Å². The van der Waals surface area contributed by atoms with Crippen molar-refractivity contribution >= 4 is 40.4 Å². The zero-order chi connectivity index (χ0) is 30.9. The maximum atomic E-state index is 13.5. The maximum Gasteiger partial charge on any atom is 0.416 e. The number of nitrogens with zero attached hydrogens (tertiary/aromatic N) is 4. The van der Waals surface area contributed by atoms with Gasteiger partial charge in [-0.2, -0.15) is 47.4 Å². The Bertz CT molecular complexity index is 1910. The van der Waals surface area contributed by atoms with Crippen molar-refractivity contribution in [1.29, 1.82) is 21.0 Å². The van der Waals surface area contributed by atoms with Crippen LogP contribution in [-0.4, -0.2) is 14.3 Å². The van der Waals surface area contributed by atoms with Gasteiger partial charge in [-0.25, -0.2) is 0 Å². The first-order valence-corrected chi connectivity index (χ1v) is 14.9. The van der Waals surface area contributed by atoms with E-state index in [-0.39, 0.29) is 28.0 Å². The third kappa shape index (κ3) is 5.19. The highest BCUT2D eigenvalue weighted by Gasteiger charge is 2.43. The number of alkyl halides is 6. The fourth-order valence-electron chi connectivity index (χ4n) is 5.38. The summed E-state index contributed by atoms with van der Waals surface area (Å²) in [7, 11) is -3.55. The standard InChI is InChI=1S/C31H18F6N4Si/c1-42(23-10-6-21(7-11-23)30(32,33)34,24-12-8-22(9-13-24)31(35,36)37)28-14-27(19(15-38)16-39)25-4-2-3-5-26(25)29(28)20(17-40)18-41/h2-12,14,24H,13H2,1H3. The average Bonchev–Trinajstić information content (AvgIpc) is 2.97. The predicted octanol–water partition coefficient (Wildman–Crippen LogP) is 5.27. The number of hydrogen-bond acceptors (Lipinski definition) is 4. The molecule has 0 N–H and O–H groups in total. The molecule has 2 atom stereocenters. The first-order chi connectivity index (χ1) is 19.8. The molecule has 1 aliphatic rings. The van der Waals surface area contributed by atoms with Crippen LogP contribution in [0.4, 0.5) is 26.3 Å². The fraction of sp³-hybridized carbons (Fsp3) is 0.161. The molecule has 4 rings (SSSR count). The van der Waals surface area contributed by atoms with Crippen molar-refractivity contribution in [2.75, 3.05) is 0 Å². The highest BCUT2D eigenvalue weighted by molar-refractivity contribution is 7.02. The molecule has 0 amide bonds. The second kappa shape index (κ2) is 11.1. The van der Waals surface area contributed by atoms with E-state index in [4.69, 9.17) is 0 Å². The number of rotatable bonds is 3. The molecule has 3 aromatic carbocycles. The van der Waals surface area contributed by atoms with Crippen LogP contribution in [-0.2, 0) is 6.18 Å². The van der Waals surface area contributed by atoms with Gasteiger partial charge in [-0.1, -0.05) is 84.6 Å². The normalized spacial score (nSPS) is 16.3. The van der Waals surface area contributed by atoms with Gasteiger partial charge in [0.2, 0.25) is 0 Å². The lowest BCUT2D eigenvalue weighted by Crippen LogP contribution is -2.64. The summed E-state index contributed by atoms with van der Waals surface area (Å²) in [5.41, 5.74) is -3.06. The minimum Gasteiger partial charge on any atom is -0.192 e. The molecule has 3 aromatic rings. The first-order valence-electron chi connectivity index (χ1n) is 12.4. The van der Waals surface area contributed by atoms with E-state index in [1.165, 1.54) is 24.3 Å². The zero-order valence-corrected chi connectivity index (χ0v) is 22.8. The van der Waals surface area contributed by atoms with Crippen LogP contribution in [0, 0.1) is 45.3 Å². The van der Waals surface area contributed by atoms with Gasteiger partial charge < -0.3 is 0 Å². The SMILES string of the molecule is C[Si](c1ccc(C(F)(F)F)cc1)(c1cc(=C(C#N)C#N)c2ccccc2c1=C(C#N)C#N)C1C=CC(C(F)(F)F)=CC1. The molecule has 2 unspecified atom stereocenters. The molecule has 0 spiro atoms. The van der Waals surface area contributed by atoms with Gasteiger partial charge >= 0.3 is 12.4 Å². The Balaban J connectivity index is 2.23. The fourth-order valence-corrected chi connectivity index (χ4v) is 9.67. The number of hydrogen-bond donors (Lipinski definition) is 0. The zero-order valence-electron chi connectivity index (χ0n) is 21.8. The van der Waals surface area contributed by atoms with Crippen molar-refractivity contribution in [3.63, 3.8) is 0 Å². The van der Waals surface area contributed by atoms with E-state index in [0.717, 1.165) is 24.3 Å². The molecule has 0 saturated heterocycles. The Hall–Kier alpha value is -5.10. The van der Waals surface area contributed by atoms with E-state index < -0.39 is 37.1 Å². The van der Waals surface area contributed by atoms with Gasteiger partial charge in [-0.3, -0.25) is 0 Å². The Labute approximate surface area is 237 Å². The summed E-state index contributed by atoms with van der Waals surface area (Å²) < 4.78 is 80.8. The first kappa shape index (κ1) is 29.9. The summed E-state index contributed by atoms with van der Waals surface area (Å²) in [4.78, 5) is 0. The summed E-state index contributed by atoms with van der Waals surface area (Å²) in [5.74, 6) is 0. The lowest BCUT2D eigenvalue weighted by atomic mass is 10.0. The highest BCUT2D eigenvalue weighted by Crippen LogP contribution is 2.37. The largest absolute Gasteiger partial charge is 0.416 e. The van der Waals surface area contributed by atoms with Gasteiger partial charge in [0.15, 0.2) is 0 Å². The molecule has 0 heterocycles. The summed E-state index contributed by atoms with van der Waals surface area (Å²) >= 11 is 0. The summed E-state index contributed by atoms with van der Waals surface area (Å²) in [5, 5.41) is 41.2. The molecule has 0 aromatic heterocycles. The molecule has 4 nitrogen and oxygen atoms in total. The lowest BCUT2D eigenvalue weighted by Gasteiger charge is -2.37. The number of benzene rings is 3. The molecular weight excluding hydrogens is 570 g/mol. The summed E-state index contributed by atoms with van der Waals surface area (Å²) in [6, 6.07) is 19.7. The third-order valence-electron chi connectivity index (χ3n) is 7.55. The van der Waals surface area contributed by atoms with Gasteiger partial charge in [-0.15, -0.1) is 0 Å². The Morgan fingerprint density at radius 1 is 0.786 bits per heavy atom. The molecule has 42 heavy (non-hydrogen) atoms. The number of halogens is 6. The van der Waals surface area contributed by atoms with Crippen LogP contribution in [0.2, 0.25) is 12.1 Å². The van der Waals surface area contributed by atoms with Crippen LogP contribution in [0.25, 0.3) is 21.9 Å². The quantitative estimate of drug-likeness (QED) is 0.308. The van der Waals surface area contributed by atoms with E-state index in [9.17, 15) is 47.4 Å². The molecular formula is C31H18F6N4Si. The third-order valence-corrected chi connectivity index (χ3v) is 12.5. The molecule has 0 bridgehead atoms. The van der Waals surface area contributed by atoms with Gasteiger partial charge in [0.25, 0.3) is 0 Å². The van der Waals surface area contributed by atoms with Crippen LogP contribution < -0.4 is 20.8 Å². The molecule has 11 heteroatoms. The molecule has 0 saturated carbocycles. The number of nitriles is 4. The Kier molecular flexibility index (Phi) is 7.86. The Morgan fingerprint density at radius 3 is 1.83 bits per heavy atom. The van der Waals surface area contributed by atoms with Crippen molar-refractivity contribution < 1.29 is 26.3 Å². The van der Waals surface area contributed by atoms with Crippen molar-refractivity contribution in [1.82, 2.24) is 0 Å². The van der Waals surface area contributed by atoms with Gasteiger partial charge in [0.1, 0.15) is 43.5 Å². The smallest absolute Gasteiger partial charge is 0.192 e. The van der Waals surface area contributed by atoms with Gasteiger partial charge in [0, 0.05) is 10.4 Å². The Morgan fingerprint density at radius 2 is 1.36 bits per heavy atom. The van der Waals surface area contributed by atoms with E-state index in [2.05, 4.69) is 0 Å². The van der Waals surface area contributed by atoms with Crippen LogP contribution in [0.3, 0.4) is 0 Å². The van der Waals surface area contributed by atoms with Crippen LogP contribution in [0.5, 0.6) is 0 Å². The predicted molar refractivity (Wildman–Crippen MR) is 146 cm³/mol. The highest BCUT2D eigenvalue weighted by atomic mass is 28.3. The van der Waals surface area contributed by atoms with Gasteiger partial charge in [0.05, 0.1) is 11.1 Å². The molecule has 0 fully saturated rings. The van der Waals surface area contributed by atoms with Crippen molar-refractivity contribution in [2.45, 2.75) is 30.9 Å². The minimum absolute atomic E-state index is 0.127. The maximum absolute atomic E-state index is 13.5. The topological polar surface area (TPSA) is 95.2 Å². The summed E-state index contributed by atoms with van der Waals surface area (Å²) in [6.45, 7) is 1.74. The van der Waals surface area contributed by atoms with E-state index in [1.807, 2.05) is 24.3 Å². The van der Waals surface area contributed by atoms with Crippen molar-refractivity contribution in [3.05, 3.63) is 94.4 Å². The molecule has 0 aliphatic heterocycles. The number of fused-ring (bicyclic) bond motifs is 1. The van der Waals surface area contributed by atoms with E-state index >= 15 is 0 Å². The monoisotopic (exact) mass is 588 g/mol. The molecule has 208 valence electrons.